The van der Waals surface area contributed by atoms with Crippen LogP contribution in [0.5, 0.6) is 0 Å². The van der Waals surface area contributed by atoms with Crippen molar-refractivity contribution in [1.29, 1.82) is 0 Å². The lowest BCUT2D eigenvalue weighted by Gasteiger charge is -1.85. The summed E-state index contributed by atoms with van der Waals surface area (Å²) >= 11 is 0. The second kappa shape index (κ2) is 2.23. The third-order valence-electron chi connectivity index (χ3n) is 0.880. The maximum Gasteiger partial charge on any atom is 0.0990 e. The minimum Gasteiger partial charge on any atom is -0.252 e. The van der Waals surface area contributed by atoms with Gasteiger partial charge in [0.15, 0.2) is 0 Å². The van der Waals surface area contributed by atoms with Gasteiger partial charge in [0.25, 0.3) is 0 Å². The van der Waals surface area contributed by atoms with E-state index in [2.05, 4.69) is 19.6 Å². The highest BCUT2D eigenvalue weighted by Crippen LogP contribution is 1.81. The lowest BCUT2D eigenvalue weighted by molar-refractivity contribution is 0.627. The molecule has 0 aliphatic carbocycles. The topological polar surface area (TPSA) is 30.7 Å². The van der Waals surface area contributed by atoms with E-state index >= 15 is 0 Å². The zero-order valence-electron chi connectivity index (χ0n) is 4.70. The highest BCUT2D eigenvalue weighted by atomic mass is 31.0. The Morgan fingerprint density at radius 2 is 2.62 bits per heavy atom. The first kappa shape index (κ1) is 5.70. The van der Waals surface area contributed by atoms with Crippen LogP contribution in [-0.2, 0) is 6.54 Å². The first-order valence-electron chi connectivity index (χ1n) is 2.48. The lowest BCUT2D eigenvalue weighted by Crippen LogP contribution is -1.93. The van der Waals surface area contributed by atoms with Crippen LogP contribution in [0.3, 0.4) is 0 Å². The summed E-state index contributed by atoms with van der Waals surface area (Å²) in [6, 6.07) is 0. The predicted molar refractivity (Wildman–Crippen MR) is 35.0 cm³/mol. The molecule has 4 heteroatoms. The summed E-state index contributed by atoms with van der Waals surface area (Å²) in [5.41, 5.74) is 0.895. The fourth-order valence-electron chi connectivity index (χ4n) is 0.468. The van der Waals surface area contributed by atoms with E-state index in [9.17, 15) is 0 Å². The average Bonchev–Trinajstić information content (AvgIpc) is 2.14. The first-order valence-corrected chi connectivity index (χ1v) is 3.06. The van der Waals surface area contributed by atoms with E-state index in [1.165, 1.54) is 0 Å². The van der Waals surface area contributed by atoms with Crippen molar-refractivity contribution in [1.82, 2.24) is 15.0 Å². The van der Waals surface area contributed by atoms with Gasteiger partial charge in [-0.1, -0.05) is 14.5 Å². The van der Waals surface area contributed by atoms with Gasteiger partial charge in [0.2, 0.25) is 0 Å². The molecule has 44 valence electrons. The van der Waals surface area contributed by atoms with Crippen molar-refractivity contribution in [2.75, 3.05) is 0 Å². The smallest absolute Gasteiger partial charge is 0.0990 e. The Kier molecular flexibility index (Phi) is 1.59. The fourth-order valence-corrected chi connectivity index (χ4v) is 0.692. The second-order valence-electron chi connectivity index (χ2n) is 1.50. The summed E-state index contributed by atoms with van der Waals surface area (Å²) in [7, 11) is 2.48. The normalized spacial score (nSPS) is 9.75. The number of hydrogen-bond donors (Lipinski definition) is 0. The lowest BCUT2D eigenvalue weighted by atomic mass is 10.7. The first-order chi connectivity index (χ1) is 3.83. The Morgan fingerprint density at radius 3 is 2.88 bits per heavy atom. The van der Waals surface area contributed by atoms with Crippen LogP contribution in [0.1, 0.15) is 6.92 Å². The van der Waals surface area contributed by atoms with E-state index in [1.807, 2.05) is 13.1 Å². The van der Waals surface area contributed by atoms with E-state index in [4.69, 9.17) is 0 Å². The van der Waals surface area contributed by atoms with Gasteiger partial charge in [0.05, 0.1) is 11.6 Å². The monoisotopic (exact) mass is 129 g/mol. The van der Waals surface area contributed by atoms with E-state index in [1.54, 1.807) is 4.68 Å². The molecule has 0 amide bonds. The third kappa shape index (κ3) is 1.04. The van der Waals surface area contributed by atoms with Crippen LogP contribution in [0.25, 0.3) is 0 Å². The summed E-state index contributed by atoms with van der Waals surface area (Å²) in [5, 5.41) is 7.54. The van der Waals surface area contributed by atoms with Crippen molar-refractivity contribution in [3.8, 4) is 0 Å². The second-order valence-corrected chi connectivity index (χ2v) is 2.09. The number of hydrogen-bond acceptors (Lipinski definition) is 2. The van der Waals surface area contributed by atoms with Crippen LogP contribution in [0.4, 0.5) is 0 Å². The molecule has 1 aromatic rings. The molecule has 1 atom stereocenters. The third-order valence-corrected chi connectivity index (χ3v) is 1.14. The molecular weight excluding hydrogens is 121 g/mol. The molecule has 0 fully saturated rings. The molecule has 0 spiro atoms. The van der Waals surface area contributed by atoms with Crippen molar-refractivity contribution in [2.45, 2.75) is 13.5 Å². The van der Waals surface area contributed by atoms with Crippen molar-refractivity contribution in [2.24, 2.45) is 0 Å². The molecule has 0 saturated carbocycles. The van der Waals surface area contributed by atoms with Gasteiger partial charge in [0.1, 0.15) is 0 Å². The van der Waals surface area contributed by atoms with Crippen molar-refractivity contribution >= 4 is 14.7 Å². The van der Waals surface area contributed by atoms with Crippen molar-refractivity contribution < 1.29 is 0 Å². The minimum atomic E-state index is 0.890. The van der Waals surface area contributed by atoms with Gasteiger partial charge < -0.3 is 0 Å². The molecule has 1 aromatic heterocycles. The van der Waals surface area contributed by atoms with Crippen LogP contribution in [0.2, 0.25) is 0 Å². The molecule has 0 aromatic carbocycles. The summed E-state index contributed by atoms with van der Waals surface area (Å²) in [6.07, 6.45) is 1.88. The summed E-state index contributed by atoms with van der Waals surface area (Å²) < 4.78 is 1.78. The van der Waals surface area contributed by atoms with Gasteiger partial charge in [-0.05, 0) is 6.92 Å². The maximum absolute atomic E-state index is 3.78. The molecule has 0 N–H and O–H groups in total. The van der Waals surface area contributed by atoms with E-state index < -0.39 is 0 Å². The van der Waals surface area contributed by atoms with Crippen LogP contribution in [-0.4, -0.2) is 15.0 Å². The molecule has 0 aliphatic heterocycles. The average molecular weight is 129 g/mol. The van der Waals surface area contributed by atoms with E-state index in [0.29, 0.717) is 0 Å². The Balaban J connectivity index is 2.84. The molecule has 0 aliphatic rings. The maximum atomic E-state index is 3.78. The van der Waals surface area contributed by atoms with Crippen LogP contribution in [0.15, 0.2) is 6.20 Å². The van der Waals surface area contributed by atoms with Gasteiger partial charge in [0, 0.05) is 6.54 Å². The fraction of sp³-hybridized carbons (Fsp3) is 0.500. The number of nitrogens with zero attached hydrogens (tertiary/aromatic N) is 3. The van der Waals surface area contributed by atoms with Crippen LogP contribution < -0.4 is 5.44 Å². The van der Waals surface area contributed by atoms with Gasteiger partial charge >= 0.3 is 0 Å². The Morgan fingerprint density at radius 1 is 1.88 bits per heavy atom. The Bertz CT molecular complexity index is 172. The van der Waals surface area contributed by atoms with Crippen LogP contribution >= 0.6 is 9.24 Å². The van der Waals surface area contributed by atoms with E-state index in [0.717, 1.165) is 12.0 Å². The number of rotatable bonds is 1. The highest BCUT2D eigenvalue weighted by Gasteiger charge is 1.88. The standard InChI is InChI=1S/C4H8N3P/c1-2-7-3-4(8)5-6-7/h3H,2,8H2,1H3. The molecule has 3 nitrogen and oxygen atoms in total. The molecule has 1 unspecified atom stereocenters. The number of aryl methyl sites for hydroxylation is 1. The molecule has 1 heterocycles. The van der Waals surface area contributed by atoms with Crippen molar-refractivity contribution in [3.05, 3.63) is 6.20 Å². The molecular formula is C4H8N3P. The minimum absolute atomic E-state index is 0.890. The van der Waals surface area contributed by atoms with E-state index in [-0.39, 0.29) is 0 Å². The molecule has 8 heavy (non-hydrogen) atoms. The zero-order chi connectivity index (χ0) is 5.98. The van der Waals surface area contributed by atoms with Crippen molar-refractivity contribution in [3.63, 3.8) is 0 Å². The van der Waals surface area contributed by atoms with Gasteiger partial charge in [-0.15, -0.1) is 5.10 Å². The zero-order valence-corrected chi connectivity index (χ0v) is 5.86. The van der Waals surface area contributed by atoms with Crippen LogP contribution in [0, 0.1) is 0 Å². The predicted octanol–water partition coefficient (Wildman–Crippen LogP) is -0.202. The Labute approximate surface area is 50.3 Å². The number of aromatic nitrogens is 3. The summed E-state index contributed by atoms with van der Waals surface area (Å²) in [6.45, 7) is 2.92. The molecule has 0 bridgehead atoms. The largest absolute Gasteiger partial charge is 0.252 e. The summed E-state index contributed by atoms with van der Waals surface area (Å²) in [5.74, 6) is 0. The highest BCUT2D eigenvalue weighted by molar-refractivity contribution is 7.26. The SMILES string of the molecule is CCn1cc(P)nn1. The quantitative estimate of drug-likeness (QED) is 0.491. The Hall–Kier alpha value is -0.430. The summed E-state index contributed by atoms with van der Waals surface area (Å²) in [4.78, 5) is 0. The molecule has 0 saturated heterocycles. The molecule has 0 radical (unpaired) electrons. The molecule has 1 rings (SSSR count). The van der Waals surface area contributed by atoms with Gasteiger partial charge in [-0.2, -0.15) is 0 Å². The van der Waals surface area contributed by atoms with Gasteiger partial charge in [-0.3, -0.25) is 4.68 Å². The van der Waals surface area contributed by atoms with Gasteiger partial charge in [-0.25, -0.2) is 0 Å².